The van der Waals surface area contributed by atoms with E-state index in [1.165, 1.54) is 7.11 Å². The summed E-state index contributed by atoms with van der Waals surface area (Å²) in [5.74, 6) is 6.38. The Morgan fingerprint density at radius 2 is 1.67 bits per heavy atom. The van der Waals surface area contributed by atoms with Gasteiger partial charge in [-0.15, -0.1) is 12.4 Å². The molecule has 0 saturated heterocycles. The van der Waals surface area contributed by atoms with Crippen LogP contribution in [0.3, 0.4) is 0 Å². The third-order valence-corrected chi connectivity index (χ3v) is 6.55. The second-order valence-electron chi connectivity index (χ2n) is 5.89. The molecule has 4 heteroatoms. The zero-order valence-electron chi connectivity index (χ0n) is 8.42. The van der Waals surface area contributed by atoms with Gasteiger partial charge in [-0.2, -0.15) is 0 Å². The molecule has 6 aliphatic rings. The van der Waals surface area contributed by atoms with Gasteiger partial charge >= 0.3 is 5.97 Å². The van der Waals surface area contributed by atoms with Crippen LogP contribution in [0.1, 0.15) is 0 Å². The molecule has 0 bridgehead atoms. The van der Waals surface area contributed by atoms with Gasteiger partial charge in [0.1, 0.15) is 6.04 Å². The molecule has 0 heterocycles. The van der Waals surface area contributed by atoms with Gasteiger partial charge in [0.25, 0.3) is 0 Å². The van der Waals surface area contributed by atoms with Crippen LogP contribution < -0.4 is 5.73 Å². The summed E-state index contributed by atoms with van der Waals surface area (Å²) in [6, 6.07) is -0.308. The molecule has 82 valence electrons. The van der Waals surface area contributed by atoms with E-state index in [1.54, 1.807) is 0 Å². The zero-order valence-corrected chi connectivity index (χ0v) is 9.24. The van der Waals surface area contributed by atoms with Gasteiger partial charge in [-0.05, 0) is 41.4 Å². The Morgan fingerprint density at radius 1 is 1.20 bits per heavy atom. The summed E-state index contributed by atoms with van der Waals surface area (Å²) < 4.78 is 4.78. The highest BCUT2D eigenvalue weighted by Crippen LogP contribution is 3.06. The molecule has 0 aromatic heterocycles. The molecule has 15 heavy (non-hydrogen) atoms. The fraction of sp³-hybridized carbons (Fsp3) is 0.909. The predicted molar refractivity (Wildman–Crippen MR) is 54.1 cm³/mol. The number of ether oxygens (including phenoxy) is 1. The normalized spacial score (nSPS) is 69.1. The van der Waals surface area contributed by atoms with Crippen molar-refractivity contribution in [3.8, 4) is 0 Å². The number of halogens is 1. The minimum absolute atomic E-state index is 0. The maximum Gasteiger partial charge on any atom is 0.323 e. The molecular weight excluding hydrogens is 214 g/mol. The Hall–Kier alpha value is -0.280. The second-order valence-corrected chi connectivity index (χ2v) is 5.89. The number of methoxy groups -OCH3 is 1. The lowest BCUT2D eigenvalue weighted by atomic mass is 8.96. The number of carbonyl (C=O) groups excluding carboxylic acids is 1. The molecule has 2 N–H and O–H groups in total. The lowest BCUT2D eigenvalue weighted by Gasteiger charge is -3.08. The molecule has 6 fully saturated rings. The molecule has 0 aromatic rings. The van der Waals surface area contributed by atoms with Gasteiger partial charge in [-0.3, -0.25) is 4.79 Å². The Morgan fingerprint density at radius 3 is 2.07 bits per heavy atom. The van der Waals surface area contributed by atoms with E-state index in [9.17, 15) is 4.79 Å². The minimum Gasteiger partial charge on any atom is -0.468 e. The molecule has 1 unspecified atom stereocenters. The number of esters is 1. The van der Waals surface area contributed by atoms with Crippen molar-refractivity contribution in [1.82, 2.24) is 0 Å². The fourth-order valence-electron chi connectivity index (χ4n) is 6.47. The van der Waals surface area contributed by atoms with Crippen molar-refractivity contribution >= 4 is 18.4 Å². The van der Waals surface area contributed by atoms with E-state index in [-0.39, 0.29) is 29.8 Å². The predicted octanol–water partition coefficient (Wildman–Crippen LogP) is 0.276. The van der Waals surface area contributed by atoms with Crippen LogP contribution in [0.15, 0.2) is 0 Å². The zero-order chi connectivity index (χ0) is 9.40. The van der Waals surface area contributed by atoms with Crippen LogP contribution in [0.4, 0.5) is 0 Å². The molecule has 0 aliphatic heterocycles. The summed E-state index contributed by atoms with van der Waals surface area (Å²) in [6.07, 6.45) is 0. The highest BCUT2D eigenvalue weighted by Gasteiger charge is 3.05. The van der Waals surface area contributed by atoms with Crippen molar-refractivity contribution in [2.45, 2.75) is 6.04 Å². The van der Waals surface area contributed by atoms with E-state index < -0.39 is 0 Å². The highest BCUT2D eigenvalue weighted by atomic mass is 35.5. The Kier molecular flexibility index (Phi) is 1.15. The highest BCUT2D eigenvalue weighted by molar-refractivity contribution is 5.85. The summed E-state index contributed by atoms with van der Waals surface area (Å²) in [6.45, 7) is 0. The molecule has 0 radical (unpaired) electrons. The van der Waals surface area contributed by atoms with Gasteiger partial charge < -0.3 is 10.5 Å². The first-order chi connectivity index (χ1) is 6.76. The lowest BCUT2D eigenvalue weighted by molar-refractivity contribution is -0.616. The van der Waals surface area contributed by atoms with Crippen molar-refractivity contribution in [3.05, 3.63) is 0 Å². The Balaban J connectivity index is 0.000000648. The molecule has 6 saturated carbocycles. The first-order valence-electron chi connectivity index (χ1n) is 5.59. The van der Waals surface area contributed by atoms with E-state index in [2.05, 4.69) is 0 Å². The van der Waals surface area contributed by atoms with Crippen LogP contribution in [-0.2, 0) is 9.53 Å². The van der Waals surface area contributed by atoms with Gasteiger partial charge in [0.2, 0.25) is 0 Å². The monoisotopic (exact) mass is 227 g/mol. The molecule has 0 spiro atoms. The van der Waals surface area contributed by atoms with Crippen LogP contribution in [0.2, 0.25) is 0 Å². The minimum atomic E-state index is -0.308. The maximum absolute atomic E-state index is 11.5. The van der Waals surface area contributed by atoms with Gasteiger partial charge in [0.05, 0.1) is 7.11 Å². The summed E-state index contributed by atoms with van der Waals surface area (Å²) in [4.78, 5) is 11.5. The topological polar surface area (TPSA) is 52.3 Å². The quantitative estimate of drug-likeness (QED) is 0.690. The Labute approximate surface area is 94.1 Å². The van der Waals surface area contributed by atoms with Gasteiger partial charge in [-0.1, -0.05) is 0 Å². The standard InChI is InChI=1S/C11H13NO2.ClH/c1-14-10(13)9(12)11-6-3-2-4(6)8(11)5(2)7(3)11;/h2-9H,12H2,1H3;1H. The average Bonchev–Trinajstić information content (AvgIpc) is 2.27. The third-order valence-electron chi connectivity index (χ3n) is 6.55. The largest absolute Gasteiger partial charge is 0.468 e. The van der Waals surface area contributed by atoms with E-state index in [1.807, 2.05) is 0 Å². The maximum atomic E-state index is 11.5. The number of carbonyl (C=O) groups is 1. The first-order valence-corrected chi connectivity index (χ1v) is 5.59. The average molecular weight is 228 g/mol. The van der Waals surface area contributed by atoms with E-state index >= 15 is 0 Å². The van der Waals surface area contributed by atoms with Crippen LogP contribution in [0.5, 0.6) is 0 Å². The van der Waals surface area contributed by atoms with E-state index in [4.69, 9.17) is 10.5 Å². The smallest absolute Gasteiger partial charge is 0.323 e. The van der Waals surface area contributed by atoms with E-state index in [0.717, 1.165) is 41.4 Å². The van der Waals surface area contributed by atoms with Crippen LogP contribution in [0, 0.1) is 46.8 Å². The molecule has 1 atom stereocenters. The van der Waals surface area contributed by atoms with Crippen molar-refractivity contribution in [2.75, 3.05) is 7.11 Å². The third kappa shape index (κ3) is 0.436. The van der Waals surface area contributed by atoms with Crippen molar-refractivity contribution in [3.63, 3.8) is 0 Å². The molecule has 3 nitrogen and oxygen atoms in total. The first kappa shape index (κ1) is 8.82. The number of hydrogen-bond donors (Lipinski definition) is 1. The van der Waals surface area contributed by atoms with Gasteiger partial charge in [0, 0.05) is 5.41 Å². The van der Waals surface area contributed by atoms with E-state index in [0.29, 0.717) is 0 Å². The van der Waals surface area contributed by atoms with Crippen molar-refractivity contribution in [2.24, 2.45) is 52.6 Å². The fourth-order valence-corrected chi connectivity index (χ4v) is 6.47. The van der Waals surface area contributed by atoms with Crippen LogP contribution in [0.25, 0.3) is 0 Å². The second kappa shape index (κ2) is 1.95. The molecule has 0 amide bonds. The summed E-state index contributed by atoms with van der Waals surface area (Å²) >= 11 is 0. The van der Waals surface area contributed by atoms with Crippen molar-refractivity contribution in [1.29, 1.82) is 0 Å². The number of nitrogens with two attached hydrogens (primary N) is 1. The Bertz CT molecular complexity index is 345. The number of hydrogen-bond acceptors (Lipinski definition) is 3. The SMILES string of the molecule is COC(=O)C(N)C12C3C4C5C3C1C5C42.Cl. The number of rotatable bonds is 2. The summed E-state index contributed by atoms with van der Waals surface area (Å²) in [5, 5.41) is 0. The van der Waals surface area contributed by atoms with Crippen LogP contribution >= 0.6 is 12.4 Å². The molecule has 6 aliphatic carbocycles. The summed E-state index contributed by atoms with van der Waals surface area (Å²) in [7, 11) is 1.45. The molecule has 0 aromatic carbocycles. The molecule has 6 rings (SSSR count). The van der Waals surface area contributed by atoms with Crippen LogP contribution in [-0.4, -0.2) is 19.1 Å². The van der Waals surface area contributed by atoms with Gasteiger partial charge in [-0.25, -0.2) is 0 Å². The van der Waals surface area contributed by atoms with Crippen molar-refractivity contribution < 1.29 is 9.53 Å². The van der Waals surface area contributed by atoms with Gasteiger partial charge in [0.15, 0.2) is 0 Å². The summed E-state index contributed by atoms with van der Waals surface area (Å²) in [5.41, 5.74) is 6.30. The lowest BCUT2D eigenvalue weighted by Crippen LogP contribution is -3.07. The molecular formula is C11H14ClNO2.